The molecule has 1 heterocycles. The van der Waals surface area contributed by atoms with Crippen molar-refractivity contribution in [2.75, 3.05) is 33.4 Å². The predicted octanol–water partition coefficient (Wildman–Crippen LogP) is 1.34. The fraction of sp³-hybridized carbons (Fsp3) is 0.784. The second kappa shape index (κ2) is 23.8. The number of allylic oxidation sites excluding steroid dienone is 3. The Balaban J connectivity index is 0.0000106. The van der Waals surface area contributed by atoms with E-state index in [1.54, 1.807) is 7.11 Å². The molecule has 1 aliphatic carbocycles. The van der Waals surface area contributed by atoms with Crippen molar-refractivity contribution in [3.05, 3.63) is 37.6 Å². The Kier molecular flexibility index (Phi) is 23.5. The van der Waals surface area contributed by atoms with Crippen molar-refractivity contribution in [2.45, 2.75) is 130 Å². The average Bonchev–Trinajstić information content (AvgIpc) is 3.00. The van der Waals surface area contributed by atoms with Gasteiger partial charge in [0.05, 0.1) is 36.6 Å². The van der Waals surface area contributed by atoms with Gasteiger partial charge in [-0.2, -0.15) is 0 Å². The Labute approximate surface area is 316 Å². The Bertz CT molecular complexity index is 947. The van der Waals surface area contributed by atoms with Crippen molar-refractivity contribution in [2.24, 2.45) is 23.7 Å². The number of methoxy groups -OCH3 is 1. The van der Waals surface area contributed by atoms with E-state index in [1.807, 2.05) is 0 Å². The Morgan fingerprint density at radius 2 is 1.72 bits per heavy atom. The molecule has 47 heavy (non-hydrogen) atoms. The maximum absolute atomic E-state index is 13.0. The summed E-state index contributed by atoms with van der Waals surface area (Å²) in [5, 5.41) is 3.18. The van der Waals surface area contributed by atoms with Crippen LogP contribution >= 0.6 is 0 Å². The van der Waals surface area contributed by atoms with Crippen molar-refractivity contribution >= 4 is 12.0 Å². The number of carbonyl (C=O) groups is 2. The first-order valence-corrected chi connectivity index (χ1v) is 17.3. The van der Waals surface area contributed by atoms with Gasteiger partial charge < -0.3 is 67.0 Å². The fourth-order valence-corrected chi connectivity index (χ4v) is 6.89. The van der Waals surface area contributed by atoms with Crippen LogP contribution in [0.2, 0.25) is 0 Å². The van der Waals surface area contributed by atoms with Crippen LogP contribution in [0, 0.1) is 37.5 Å². The second-order valence-electron chi connectivity index (χ2n) is 14.0. The summed E-state index contributed by atoms with van der Waals surface area (Å²) in [6, 6.07) is 0. The SMILES string of the molecule is [CH2-]CN(C[CH2-])C(=O)OCC1CCC(C(=O)NC[C@H]2CC[C@H](C)[C@@H](/C(C)=C/C=C/[C@@H](C)CC(C)(C)OC(C)[C@H](CC)OC)O2)CC1.[I-].[Li+]. The van der Waals surface area contributed by atoms with E-state index in [-0.39, 0.29) is 90.8 Å². The molecule has 0 radical (unpaired) electrons. The number of hydrogen-bond acceptors (Lipinski definition) is 6. The first kappa shape index (κ1) is 46.4. The maximum atomic E-state index is 13.0. The molecule has 0 spiro atoms. The van der Waals surface area contributed by atoms with Crippen molar-refractivity contribution in [1.29, 1.82) is 0 Å². The maximum Gasteiger partial charge on any atom is 1.00 e. The molecule has 1 unspecified atom stereocenters. The normalized spacial score (nSPS) is 25.6. The molecule has 2 aliphatic rings. The average molecular weight is 767 g/mol. The molecular weight excluding hydrogens is 702 g/mol. The van der Waals surface area contributed by atoms with Crippen LogP contribution in [0.3, 0.4) is 0 Å². The van der Waals surface area contributed by atoms with E-state index in [4.69, 9.17) is 18.9 Å². The third-order valence-electron chi connectivity index (χ3n) is 9.56. The fourth-order valence-electron chi connectivity index (χ4n) is 6.89. The molecule has 10 heteroatoms. The molecule has 0 aromatic carbocycles. The minimum Gasteiger partial charge on any atom is -1.00 e. The predicted molar refractivity (Wildman–Crippen MR) is 182 cm³/mol. The number of hydrogen-bond donors (Lipinski definition) is 1. The number of halogens is 1. The van der Waals surface area contributed by atoms with Gasteiger partial charge in [0, 0.05) is 19.6 Å². The number of nitrogens with zero attached hydrogens (tertiary/aromatic N) is 1. The standard InChI is InChI=1S/C37H64N2O6.HI.Li/c1-11-33(42-10)29(7)45-37(8,9)23-26(4)15-14-16-27(5)34-28(6)17-22-32(44-34)24-38-35(40)31-20-18-30(19-21-31)25-43-36(41)39(12-2)13-3;;/h14-16,26,28-34H,2-3,11-13,17-25H2,1,4-10H3,(H,38,40);1H;/q-2;;+1/p-1/b15-14+,27-16+;;/t26-,28+,29?,30?,31?,32-,33+,34-;;/m1../s1. The number of carbonyl (C=O) groups excluding carboxylic acids is 2. The van der Waals surface area contributed by atoms with E-state index in [0.29, 0.717) is 44.0 Å². The van der Waals surface area contributed by atoms with Crippen LogP contribution in [0.4, 0.5) is 4.79 Å². The van der Waals surface area contributed by atoms with E-state index in [9.17, 15) is 9.59 Å². The van der Waals surface area contributed by atoms with Crippen molar-refractivity contribution in [3.63, 3.8) is 0 Å². The number of nitrogens with one attached hydrogen (secondary N) is 1. The Morgan fingerprint density at radius 3 is 2.30 bits per heavy atom. The summed E-state index contributed by atoms with van der Waals surface area (Å²) >= 11 is 0. The molecule has 268 valence electrons. The molecule has 1 saturated carbocycles. The molecular formula is C37H64ILiN2O6-2. The number of rotatable bonds is 17. The molecule has 1 saturated heterocycles. The van der Waals surface area contributed by atoms with E-state index < -0.39 is 0 Å². The molecule has 0 aromatic rings. The van der Waals surface area contributed by atoms with E-state index in [2.05, 4.69) is 85.9 Å². The second-order valence-corrected chi connectivity index (χ2v) is 14.0. The molecule has 2 fully saturated rings. The van der Waals surface area contributed by atoms with Gasteiger partial charge in [-0.05, 0) is 102 Å². The van der Waals surface area contributed by atoms with Gasteiger partial charge in [0.1, 0.15) is 0 Å². The monoisotopic (exact) mass is 766 g/mol. The van der Waals surface area contributed by atoms with Crippen molar-refractivity contribution < 1.29 is 71.4 Å². The van der Waals surface area contributed by atoms with Gasteiger partial charge in [0.2, 0.25) is 5.91 Å². The van der Waals surface area contributed by atoms with Crippen LogP contribution in [0.15, 0.2) is 23.8 Å². The molecule has 1 N–H and O–H groups in total. The summed E-state index contributed by atoms with van der Waals surface area (Å²) in [5.41, 5.74) is 0.965. The molecule has 2 amide bonds. The minimum absolute atomic E-state index is 0. The third-order valence-corrected chi connectivity index (χ3v) is 9.56. The van der Waals surface area contributed by atoms with Gasteiger partial charge in [0.25, 0.3) is 0 Å². The first-order valence-electron chi connectivity index (χ1n) is 17.3. The van der Waals surface area contributed by atoms with E-state index >= 15 is 0 Å². The van der Waals surface area contributed by atoms with Crippen LogP contribution < -0.4 is 48.2 Å². The summed E-state index contributed by atoms with van der Waals surface area (Å²) in [4.78, 5) is 26.5. The first-order chi connectivity index (χ1) is 21.3. The van der Waals surface area contributed by atoms with Gasteiger partial charge in [-0.15, -0.1) is 13.1 Å². The minimum atomic E-state index is -0.362. The van der Waals surface area contributed by atoms with E-state index in [1.165, 1.54) is 10.5 Å². The van der Waals surface area contributed by atoms with E-state index in [0.717, 1.165) is 51.4 Å². The molecule has 0 aromatic heterocycles. The van der Waals surface area contributed by atoms with Crippen LogP contribution in [-0.2, 0) is 23.7 Å². The summed E-state index contributed by atoms with van der Waals surface area (Å²) < 4.78 is 23.9. The van der Waals surface area contributed by atoms with Gasteiger partial charge in [0.15, 0.2) is 0 Å². The van der Waals surface area contributed by atoms with Crippen molar-refractivity contribution in [1.82, 2.24) is 10.2 Å². The number of ether oxygens (including phenoxy) is 4. The summed E-state index contributed by atoms with van der Waals surface area (Å²) in [5.74, 6) is 1.20. The topological polar surface area (TPSA) is 86.3 Å². The zero-order valence-electron chi connectivity index (χ0n) is 31.0. The third kappa shape index (κ3) is 16.3. The molecule has 8 nitrogen and oxygen atoms in total. The van der Waals surface area contributed by atoms with Gasteiger partial charge in [-0.25, -0.2) is 4.79 Å². The smallest absolute Gasteiger partial charge is 1.00 e. The van der Waals surface area contributed by atoms with Crippen LogP contribution in [-0.4, -0.2) is 80.3 Å². The molecule has 2 rings (SSSR count). The molecule has 6 atom stereocenters. The number of amides is 2. The van der Waals surface area contributed by atoms with Crippen LogP contribution in [0.1, 0.15) is 99.8 Å². The quantitative estimate of drug-likeness (QED) is 0.104. The largest absolute Gasteiger partial charge is 1.00 e. The zero-order chi connectivity index (χ0) is 33.6. The van der Waals surface area contributed by atoms with Gasteiger partial charge in [-0.3, -0.25) is 4.79 Å². The summed E-state index contributed by atoms with van der Waals surface area (Å²) in [6.45, 7) is 24.2. The van der Waals surface area contributed by atoms with Gasteiger partial charge in [-0.1, -0.05) is 39.0 Å². The van der Waals surface area contributed by atoms with Crippen LogP contribution in [0.25, 0.3) is 0 Å². The molecule has 1 aliphatic heterocycles. The van der Waals surface area contributed by atoms with Crippen molar-refractivity contribution in [3.8, 4) is 0 Å². The van der Waals surface area contributed by atoms with Crippen LogP contribution in [0.5, 0.6) is 0 Å². The Morgan fingerprint density at radius 1 is 1.09 bits per heavy atom. The summed E-state index contributed by atoms with van der Waals surface area (Å²) in [7, 11) is 1.75. The Hall–Kier alpha value is -0.573. The zero-order valence-corrected chi connectivity index (χ0v) is 33.2. The summed E-state index contributed by atoms with van der Waals surface area (Å²) in [6.07, 6.45) is 13.7. The van der Waals surface area contributed by atoms with Gasteiger partial charge >= 0.3 is 25.0 Å². The molecule has 0 bridgehead atoms.